The average molecular weight is 223 g/mol. The Labute approximate surface area is 96.5 Å². The Morgan fingerprint density at radius 1 is 1.44 bits per heavy atom. The third-order valence-corrected chi connectivity index (χ3v) is 2.87. The van der Waals surface area contributed by atoms with Crippen molar-refractivity contribution in [1.29, 1.82) is 0 Å². The van der Waals surface area contributed by atoms with Gasteiger partial charge in [0.15, 0.2) is 0 Å². The van der Waals surface area contributed by atoms with Gasteiger partial charge in [0.25, 0.3) is 5.56 Å². The second kappa shape index (κ2) is 5.68. The molecule has 4 heteroatoms. The summed E-state index contributed by atoms with van der Waals surface area (Å²) in [6, 6.07) is 1.51. The molecule has 90 valence electrons. The third-order valence-electron chi connectivity index (χ3n) is 2.87. The summed E-state index contributed by atoms with van der Waals surface area (Å²) in [4.78, 5) is 18.3. The number of aryl methyl sites for hydroxylation is 1. The third kappa shape index (κ3) is 3.68. The molecule has 1 atom stereocenters. The summed E-state index contributed by atoms with van der Waals surface area (Å²) < 4.78 is 0. The summed E-state index contributed by atoms with van der Waals surface area (Å²) in [6.45, 7) is 9.38. The van der Waals surface area contributed by atoms with E-state index in [0.29, 0.717) is 17.7 Å². The predicted molar refractivity (Wildman–Crippen MR) is 66.7 cm³/mol. The summed E-state index contributed by atoms with van der Waals surface area (Å²) in [5, 5.41) is 3.21. The van der Waals surface area contributed by atoms with Crippen LogP contribution in [-0.4, -0.2) is 16.5 Å². The minimum Gasteiger partial charge on any atom is -0.370 e. The largest absolute Gasteiger partial charge is 0.370 e. The molecule has 16 heavy (non-hydrogen) atoms. The number of aromatic amines is 1. The van der Waals surface area contributed by atoms with E-state index in [4.69, 9.17) is 0 Å². The van der Waals surface area contributed by atoms with Gasteiger partial charge in [0.1, 0.15) is 11.6 Å². The van der Waals surface area contributed by atoms with Crippen molar-refractivity contribution in [1.82, 2.24) is 9.97 Å². The molecule has 1 aromatic rings. The standard InChI is InChI=1S/C12H21N3O/c1-5-10-14-11(6-12(16)15-10)13-7-9(4)8(2)3/h6,8-9H,5,7H2,1-4H3,(H2,13,14,15,16). The Balaban J connectivity index is 2.67. The molecule has 0 fully saturated rings. The summed E-state index contributed by atoms with van der Waals surface area (Å²) in [5.41, 5.74) is -0.0912. The quantitative estimate of drug-likeness (QED) is 0.803. The zero-order valence-electron chi connectivity index (χ0n) is 10.5. The van der Waals surface area contributed by atoms with Gasteiger partial charge in [0.2, 0.25) is 0 Å². The predicted octanol–water partition coefficient (Wildman–Crippen LogP) is 2.04. The van der Waals surface area contributed by atoms with Crippen molar-refractivity contribution >= 4 is 5.82 Å². The van der Waals surface area contributed by atoms with Gasteiger partial charge in [-0.25, -0.2) is 4.98 Å². The number of anilines is 1. The molecule has 0 saturated carbocycles. The maximum absolute atomic E-state index is 11.3. The topological polar surface area (TPSA) is 57.8 Å². The molecular weight excluding hydrogens is 202 g/mol. The first-order valence-electron chi connectivity index (χ1n) is 5.87. The van der Waals surface area contributed by atoms with E-state index < -0.39 is 0 Å². The van der Waals surface area contributed by atoms with Crippen LogP contribution in [0.25, 0.3) is 0 Å². The molecule has 1 aromatic heterocycles. The first-order chi connectivity index (χ1) is 7.52. The number of hydrogen-bond acceptors (Lipinski definition) is 3. The number of nitrogens with one attached hydrogen (secondary N) is 2. The molecule has 0 aliphatic carbocycles. The lowest BCUT2D eigenvalue weighted by atomic mass is 9.98. The van der Waals surface area contributed by atoms with E-state index in [2.05, 4.69) is 36.1 Å². The van der Waals surface area contributed by atoms with Crippen molar-refractivity contribution in [3.8, 4) is 0 Å². The summed E-state index contributed by atoms with van der Waals surface area (Å²) >= 11 is 0. The normalized spacial score (nSPS) is 12.8. The van der Waals surface area contributed by atoms with Crippen molar-refractivity contribution in [3.63, 3.8) is 0 Å². The maximum atomic E-state index is 11.3. The van der Waals surface area contributed by atoms with Gasteiger partial charge in [0.05, 0.1) is 0 Å². The molecular formula is C12H21N3O. The lowest BCUT2D eigenvalue weighted by Crippen LogP contribution is -2.19. The van der Waals surface area contributed by atoms with Crippen LogP contribution in [0.1, 0.15) is 33.5 Å². The lowest BCUT2D eigenvalue weighted by Gasteiger charge is -2.16. The van der Waals surface area contributed by atoms with Crippen LogP contribution in [-0.2, 0) is 6.42 Å². The van der Waals surface area contributed by atoms with Crippen molar-refractivity contribution in [2.75, 3.05) is 11.9 Å². The highest BCUT2D eigenvalue weighted by Gasteiger charge is 2.07. The first-order valence-corrected chi connectivity index (χ1v) is 5.87. The van der Waals surface area contributed by atoms with E-state index in [1.807, 2.05) is 6.92 Å². The summed E-state index contributed by atoms with van der Waals surface area (Å²) in [7, 11) is 0. The highest BCUT2D eigenvalue weighted by molar-refractivity contribution is 5.32. The van der Waals surface area contributed by atoms with Gasteiger partial charge in [-0.05, 0) is 11.8 Å². The van der Waals surface area contributed by atoms with E-state index in [9.17, 15) is 4.79 Å². The Bertz CT molecular complexity index is 384. The molecule has 4 nitrogen and oxygen atoms in total. The van der Waals surface area contributed by atoms with Crippen LogP contribution in [0.4, 0.5) is 5.82 Å². The van der Waals surface area contributed by atoms with Gasteiger partial charge < -0.3 is 10.3 Å². The number of nitrogens with zero attached hydrogens (tertiary/aromatic N) is 1. The first kappa shape index (κ1) is 12.7. The number of rotatable bonds is 5. The minimum absolute atomic E-state index is 0.0912. The van der Waals surface area contributed by atoms with Gasteiger partial charge in [-0.1, -0.05) is 27.7 Å². The van der Waals surface area contributed by atoms with Crippen LogP contribution in [0.2, 0.25) is 0 Å². The van der Waals surface area contributed by atoms with Crippen LogP contribution >= 0.6 is 0 Å². The molecule has 1 heterocycles. The number of aromatic nitrogens is 2. The molecule has 0 spiro atoms. The molecule has 0 amide bonds. The molecule has 1 rings (SSSR count). The van der Waals surface area contributed by atoms with Crippen molar-refractivity contribution < 1.29 is 0 Å². The zero-order valence-corrected chi connectivity index (χ0v) is 10.5. The van der Waals surface area contributed by atoms with Gasteiger partial charge >= 0.3 is 0 Å². The fourth-order valence-corrected chi connectivity index (χ4v) is 1.27. The van der Waals surface area contributed by atoms with Crippen LogP contribution in [0.3, 0.4) is 0 Å². The van der Waals surface area contributed by atoms with Gasteiger partial charge in [-0.3, -0.25) is 4.79 Å². The zero-order chi connectivity index (χ0) is 12.1. The molecule has 0 aromatic carbocycles. The van der Waals surface area contributed by atoms with E-state index in [0.717, 1.165) is 18.8 Å². The highest BCUT2D eigenvalue weighted by Crippen LogP contribution is 2.10. The Hall–Kier alpha value is -1.32. The van der Waals surface area contributed by atoms with Crippen molar-refractivity contribution in [2.24, 2.45) is 11.8 Å². The molecule has 0 bridgehead atoms. The molecule has 0 aliphatic heterocycles. The molecule has 1 unspecified atom stereocenters. The second-order valence-electron chi connectivity index (χ2n) is 4.53. The smallest absolute Gasteiger partial charge is 0.252 e. The molecule has 2 N–H and O–H groups in total. The monoisotopic (exact) mass is 223 g/mol. The van der Waals surface area contributed by atoms with Crippen molar-refractivity contribution in [3.05, 3.63) is 22.2 Å². The van der Waals surface area contributed by atoms with E-state index in [-0.39, 0.29) is 5.56 Å². The fraction of sp³-hybridized carbons (Fsp3) is 0.667. The molecule has 0 saturated heterocycles. The Kier molecular flexibility index (Phi) is 4.52. The SMILES string of the molecule is CCc1nc(NCC(C)C(C)C)cc(=O)[nH]1. The fourth-order valence-electron chi connectivity index (χ4n) is 1.27. The van der Waals surface area contributed by atoms with Gasteiger partial charge in [-0.15, -0.1) is 0 Å². The second-order valence-corrected chi connectivity index (χ2v) is 4.53. The van der Waals surface area contributed by atoms with Crippen molar-refractivity contribution in [2.45, 2.75) is 34.1 Å². The van der Waals surface area contributed by atoms with Crippen LogP contribution in [0.5, 0.6) is 0 Å². The highest BCUT2D eigenvalue weighted by atomic mass is 16.1. The Morgan fingerprint density at radius 2 is 2.12 bits per heavy atom. The molecule has 0 radical (unpaired) electrons. The summed E-state index contributed by atoms with van der Waals surface area (Å²) in [5.74, 6) is 2.59. The Morgan fingerprint density at radius 3 is 2.69 bits per heavy atom. The van der Waals surface area contributed by atoms with E-state index in [1.54, 1.807) is 0 Å². The lowest BCUT2D eigenvalue weighted by molar-refractivity contribution is 0.439. The average Bonchev–Trinajstić information content (AvgIpc) is 2.24. The minimum atomic E-state index is -0.0912. The van der Waals surface area contributed by atoms with Gasteiger partial charge in [0, 0.05) is 19.0 Å². The summed E-state index contributed by atoms with van der Waals surface area (Å²) in [6.07, 6.45) is 0.741. The van der Waals surface area contributed by atoms with Gasteiger partial charge in [-0.2, -0.15) is 0 Å². The van der Waals surface area contributed by atoms with Crippen LogP contribution < -0.4 is 10.9 Å². The van der Waals surface area contributed by atoms with E-state index in [1.165, 1.54) is 6.07 Å². The van der Waals surface area contributed by atoms with Crippen LogP contribution in [0.15, 0.2) is 10.9 Å². The van der Waals surface area contributed by atoms with E-state index >= 15 is 0 Å². The number of hydrogen-bond donors (Lipinski definition) is 2. The number of H-pyrrole nitrogens is 1. The maximum Gasteiger partial charge on any atom is 0.252 e. The van der Waals surface area contributed by atoms with Crippen LogP contribution in [0, 0.1) is 11.8 Å². The molecule has 0 aliphatic rings.